The smallest absolute Gasteiger partial charge is 0.415 e. The number of rotatable bonds is 4. The van der Waals surface area contributed by atoms with Crippen LogP contribution in [0.2, 0.25) is 0 Å². The molecular formula is C15H17N3O4. The first-order chi connectivity index (χ1) is 10.5. The van der Waals surface area contributed by atoms with Gasteiger partial charge in [0.25, 0.3) is 0 Å². The summed E-state index contributed by atoms with van der Waals surface area (Å²) in [6, 6.07) is 5.05. The molecule has 0 spiro atoms. The summed E-state index contributed by atoms with van der Waals surface area (Å²) in [5.74, 6) is -0.298. The molecule has 0 saturated carbocycles. The highest BCUT2D eigenvalue weighted by molar-refractivity contribution is 6.00. The normalized spacial score (nSPS) is 22.1. The van der Waals surface area contributed by atoms with E-state index in [4.69, 9.17) is 10.5 Å². The first kappa shape index (κ1) is 14.5. The minimum absolute atomic E-state index is 0.0425. The van der Waals surface area contributed by atoms with Crippen LogP contribution >= 0.6 is 0 Å². The van der Waals surface area contributed by atoms with Crippen molar-refractivity contribution in [2.75, 3.05) is 18.0 Å². The van der Waals surface area contributed by atoms with Crippen LogP contribution in [-0.2, 0) is 16.0 Å². The minimum atomic E-state index is -0.419. The van der Waals surface area contributed by atoms with Crippen LogP contribution in [0.25, 0.3) is 0 Å². The van der Waals surface area contributed by atoms with Crippen LogP contribution in [0.3, 0.4) is 0 Å². The average Bonchev–Trinajstić information content (AvgIpc) is 3.01. The van der Waals surface area contributed by atoms with Crippen LogP contribution in [-0.4, -0.2) is 43.0 Å². The number of nitrogens with two attached hydrogens (primary N) is 1. The predicted octanol–water partition coefficient (Wildman–Crippen LogP) is 0.214. The molecule has 22 heavy (non-hydrogen) atoms. The lowest BCUT2D eigenvalue weighted by Crippen LogP contribution is -2.40. The van der Waals surface area contributed by atoms with E-state index in [1.807, 2.05) is 0 Å². The van der Waals surface area contributed by atoms with Crippen LogP contribution in [0.15, 0.2) is 18.2 Å². The van der Waals surface area contributed by atoms with Gasteiger partial charge in [0.05, 0.1) is 24.8 Å². The highest BCUT2D eigenvalue weighted by Gasteiger charge is 2.47. The molecule has 2 aliphatic heterocycles. The highest BCUT2D eigenvalue weighted by Crippen LogP contribution is 2.39. The van der Waals surface area contributed by atoms with Crippen molar-refractivity contribution in [1.82, 2.24) is 5.32 Å². The van der Waals surface area contributed by atoms with E-state index in [0.29, 0.717) is 12.0 Å². The number of nitrogens with one attached hydrogen (secondary N) is 1. The first-order valence-electron chi connectivity index (χ1n) is 7.11. The van der Waals surface area contributed by atoms with Crippen molar-refractivity contribution in [3.05, 3.63) is 29.3 Å². The zero-order valence-corrected chi connectivity index (χ0v) is 12.2. The summed E-state index contributed by atoms with van der Waals surface area (Å²) >= 11 is 0. The van der Waals surface area contributed by atoms with Crippen molar-refractivity contribution in [3.8, 4) is 0 Å². The molecule has 1 saturated heterocycles. The van der Waals surface area contributed by atoms with Crippen molar-refractivity contribution in [1.29, 1.82) is 0 Å². The fourth-order valence-electron chi connectivity index (χ4n) is 2.99. The largest absolute Gasteiger partial charge is 0.442 e. The summed E-state index contributed by atoms with van der Waals surface area (Å²) in [5.41, 5.74) is 7.61. The standard InChI is InChI=1S/C15H17N3O4/c1-8(19)17-7-14-12-5-10-4-9(13(20)6-16)2-3-11(10)18(12)15(21)22-14/h2-4,12,14H,5-7,16H2,1H3,(H,17,19)/t12-,14-/m0/s1. The quantitative estimate of drug-likeness (QED) is 0.774. The molecule has 1 aromatic carbocycles. The van der Waals surface area contributed by atoms with E-state index in [0.717, 1.165) is 11.3 Å². The number of cyclic esters (lactones) is 1. The Morgan fingerprint density at radius 1 is 1.45 bits per heavy atom. The van der Waals surface area contributed by atoms with Crippen molar-refractivity contribution in [3.63, 3.8) is 0 Å². The maximum atomic E-state index is 12.1. The number of Topliss-reactive ketones (excluding diaryl/α,β-unsaturated/α-hetero) is 1. The SMILES string of the molecule is CC(=O)NC[C@@H]1OC(=O)N2c3ccc(C(=O)CN)cc3C[C@@H]12. The number of fused-ring (bicyclic) bond motifs is 3. The van der Waals surface area contributed by atoms with E-state index in [2.05, 4.69) is 5.32 Å². The minimum Gasteiger partial charge on any atom is -0.442 e. The molecular weight excluding hydrogens is 286 g/mol. The Labute approximate surface area is 127 Å². The summed E-state index contributed by atoms with van der Waals surface area (Å²) in [7, 11) is 0. The van der Waals surface area contributed by atoms with Crippen LogP contribution in [0.4, 0.5) is 10.5 Å². The van der Waals surface area contributed by atoms with Gasteiger partial charge in [-0.3, -0.25) is 14.5 Å². The lowest BCUT2D eigenvalue weighted by Gasteiger charge is -2.16. The molecule has 7 heteroatoms. The summed E-state index contributed by atoms with van der Waals surface area (Å²) in [5, 5.41) is 2.67. The Balaban J connectivity index is 1.84. The van der Waals surface area contributed by atoms with Gasteiger partial charge < -0.3 is 15.8 Å². The number of anilines is 1. The molecule has 0 radical (unpaired) electrons. The third-order valence-corrected chi connectivity index (χ3v) is 4.04. The molecule has 1 aromatic rings. The number of benzene rings is 1. The van der Waals surface area contributed by atoms with Crippen LogP contribution in [0, 0.1) is 0 Å². The van der Waals surface area contributed by atoms with Gasteiger partial charge in [0.2, 0.25) is 5.91 Å². The van der Waals surface area contributed by atoms with Gasteiger partial charge in [0.15, 0.2) is 5.78 Å². The first-order valence-corrected chi connectivity index (χ1v) is 7.11. The van der Waals surface area contributed by atoms with E-state index in [-0.39, 0.29) is 30.8 Å². The Bertz CT molecular complexity index is 658. The van der Waals surface area contributed by atoms with E-state index in [1.165, 1.54) is 6.92 Å². The van der Waals surface area contributed by atoms with Gasteiger partial charge in [-0.15, -0.1) is 0 Å². The van der Waals surface area contributed by atoms with Crippen LogP contribution in [0.1, 0.15) is 22.8 Å². The molecule has 3 N–H and O–H groups in total. The zero-order chi connectivity index (χ0) is 15.9. The molecule has 0 bridgehead atoms. The maximum absolute atomic E-state index is 12.1. The Hall–Kier alpha value is -2.41. The van der Waals surface area contributed by atoms with Gasteiger partial charge in [-0.25, -0.2) is 4.79 Å². The summed E-state index contributed by atoms with van der Waals surface area (Å²) in [6.45, 7) is 1.66. The molecule has 2 amide bonds. The van der Waals surface area contributed by atoms with Gasteiger partial charge in [-0.1, -0.05) is 0 Å². The number of ether oxygens (including phenoxy) is 1. The molecule has 2 aliphatic rings. The number of hydrogen-bond donors (Lipinski definition) is 2. The lowest BCUT2D eigenvalue weighted by atomic mass is 10.0. The second-order valence-corrected chi connectivity index (χ2v) is 5.47. The Kier molecular flexibility index (Phi) is 3.58. The second kappa shape index (κ2) is 5.42. The summed E-state index contributed by atoms with van der Waals surface area (Å²) in [4.78, 5) is 36.4. The highest BCUT2D eigenvalue weighted by atomic mass is 16.6. The lowest BCUT2D eigenvalue weighted by molar-refractivity contribution is -0.119. The zero-order valence-electron chi connectivity index (χ0n) is 12.2. The Morgan fingerprint density at radius 2 is 2.23 bits per heavy atom. The summed E-state index contributed by atoms with van der Waals surface area (Å²) in [6.07, 6.45) is -0.216. The number of carbonyl (C=O) groups excluding carboxylic acids is 3. The number of amides is 2. The van der Waals surface area contributed by atoms with Gasteiger partial charge in [-0.05, 0) is 30.2 Å². The summed E-state index contributed by atoms with van der Waals surface area (Å²) < 4.78 is 5.32. The van der Waals surface area contributed by atoms with Gasteiger partial charge in [0.1, 0.15) is 6.10 Å². The van der Waals surface area contributed by atoms with E-state index >= 15 is 0 Å². The van der Waals surface area contributed by atoms with E-state index < -0.39 is 12.2 Å². The van der Waals surface area contributed by atoms with Crippen LogP contribution < -0.4 is 16.0 Å². The monoisotopic (exact) mass is 303 g/mol. The molecule has 3 rings (SSSR count). The Morgan fingerprint density at radius 3 is 2.91 bits per heavy atom. The van der Waals surface area contributed by atoms with Gasteiger partial charge >= 0.3 is 6.09 Å². The fraction of sp³-hybridized carbons (Fsp3) is 0.400. The number of carbonyl (C=O) groups is 3. The van der Waals surface area contributed by atoms with Crippen LogP contribution in [0.5, 0.6) is 0 Å². The third-order valence-electron chi connectivity index (χ3n) is 4.04. The van der Waals surface area contributed by atoms with Gasteiger partial charge in [-0.2, -0.15) is 0 Å². The maximum Gasteiger partial charge on any atom is 0.415 e. The third kappa shape index (κ3) is 2.33. The number of ketones is 1. The van der Waals surface area contributed by atoms with Crippen molar-refractivity contribution in [2.24, 2.45) is 5.73 Å². The van der Waals surface area contributed by atoms with E-state index in [1.54, 1.807) is 23.1 Å². The second-order valence-electron chi connectivity index (χ2n) is 5.47. The van der Waals surface area contributed by atoms with Crippen molar-refractivity contribution in [2.45, 2.75) is 25.5 Å². The molecule has 7 nitrogen and oxygen atoms in total. The molecule has 2 atom stereocenters. The van der Waals surface area contributed by atoms with E-state index in [9.17, 15) is 14.4 Å². The molecule has 0 unspecified atom stereocenters. The molecule has 1 fully saturated rings. The molecule has 2 heterocycles. The van der Waals surface area contributed by atoms with Crippen molar-refractivity contribution >= 4 is 23.5 Å². The van der Waals surface area contributed by atoms with Crippen molar-refractivity contribution < 1.29 is 19.1 Å². The molecule has 0 aliphatic carbocycles. The molecule has 0 aromatic heterocycles. The average molecular weight is 303 g/mol. The number of nitrogens with zero attached hydrogens (tertiary/aromatic N) is 1. The molecule has 116 valence electrons. The number of hydrogen-bond acceptors (Lipinski definition) is 5. The topological polar surface area (TPSA) is 102 Å². The predicted molar refractivity (Wildman–Crippen MR) is 78.8 cm³/mol. The van der Waals surface area contributed by atoms with Gasteiger partial charge in [0, 0.05) is 12.5 Å². The fourth-order valence-corrected chi connectivity index (χ4v) is 2.99.